The molecule has 0 radical (unpaired) electrons. The zero-order chi connectivity index (χ0) is 23.0. The third-order valence-electron chi connectivity index (χ3n) is 5.69. The lowest BCUT2D eigenvalue weighted by Gasteiger charge is -2.28. The fourth-order valence-corrected chi connectivity index (χ4v) is 3.97. The molecule has 5 rings (SSSR count). The molecule has 1 aromatic heterocycles. The first-order valence-electron chi connectivity index (χ1n) is 10.5. The molecule has 0 spiro atoms. The predicted octanol–water partition coefficient (Wildman–Crippen LogP) is 4.62. The van der Waals surface area contributed by atoms with Crippen molar-refractivity contribution >= 4 is 16.7 Å². The van der Waals surface area contributed by atoms with Gasteiger partial charge in [0.15, 0.2) is 0 Å². The molecule has 1 fully saturated rings. The lowest BCUT2D eigenvalue weighted by atomic mass is 9.98. The van der Waals surface area contributed by atoms with E-state index in [2.05, 4.69) is 15.5 Å². The minimum absolute atomic E-state index is 0.0322. The second-order valence-electron chi connectivity index (χ2n) is 7.75. The van der Waals surface area contributed by atoms with Crippen LogP contribution in [-0.4, -0.2) is 47.1 Å². The zero-order valence-corrected chi connectivity index (χ0v) is 17.4. The van der Waals surface area contributed by atoms with Gasteiger partial charge in [-0.2, -0.15) is 18.2 Å². The number of hydrogen-bond donors (Lipinski definition) is 1. The van der Waals surface area contributed by atoms with Crippen LogP contribution in [0.5, 0.6) is 0 Å². The van der Waals surface area contributed by atoms with Crippen LogP contribution in [0.4, 0.5) is 13.2 Å². The van der Waals surface area contributed by atoms with Gasteiger partial charge in [-0.1, -0.05) is 41.6 Å². The van der Waals surface area contributed by atoms with E-state index in [0.29, 0.717) is 29.8 Å². The van der Waals surface area contributed by atoms with Crippen molar-refractivity contribution in [2.24, 2.45) is 0 Å². The highest BCUT2D eigenvalue weighted by molar-refractivity contribution is 6.10. The normalized spacial score (nSPS) is 14.6. The van der Waals surface area contributed by atoms with Gasteiger partial charge in [0.25, 0.3) is 11.8 Å². The number of rotatable bonds is 3. The standard InChI is InChI=1S/C24H19F3N4O2/c25-24(26,27)16-7-5-15(6-8-16)21-29-22(33-30-21)19-9-10-20(18-4-2-1-3-17(18)19)23(32)31-13-11-28-12-14-31/h1-10,28H,11-14H2. The molecule has 168 valence electrons. The first kappa shape index (κ1) is 21.1. The SMILES string of the molecule is O=C(c1ccc(-c2nc(-c3ccc(C(F)(F)F)cc3)no2)c2ccccc12)N1CCNCC1. The van der Waals surface area contributed by atoms with E-state index in [1.54, 1.807) is 12.1 Å². The van der Waals surface area contributed by atoms with Crippen LogP contribution in [0.15, 0.2) is 65.2 Å². The van der Waals surface area contributed by atoms with Gasteiger partial charge in [0.1, 0.15) is 0 Å². The quantitative estimate of drug-likeness (QED) is 0.491. The summed E-state index contributed by atoms with van der Waals surface area (Å²) < 4.78 is 43.9. The number of halogens is 3. The molecule has 0 unspecified atom stereocenters. The number of nitrogens with zero attached hydrogens (tertiary/aromatic N) is 3. The summed E-state index contributed by atoms with van der Waals surface area (Å²) in [5.41, 5.74) is 0.908. The molecule has 4 aromatic rings. The van der Waals surface area contributed by atoms with Crippen LogP contribution >= 0.6 is 0 Å². The van der Waals surface area contributed by atoms with Crippen LogP contribution in [0, 0.1) is 0 Å². The molecule has 6 nitrogen and oxygen atoms in total. The van der Waals surface area contributed by atoms with Crippen LogP contribution in [0.25, 0.3) is 33.6 Å². The van der Waals surface area contributed by atoms with Crippen LogP contribution < -0.4 is 5.32 Å². The van der Waals surface area contributed by atoms with Crippen molar-refractivity contribution < 1.29 is 22.5 Å². The number of nitrogens with one attached hydrogen (secondary N) is 1. The molecule has 0 saturated carbocycles. The number of benzene rings is 3. The maximum absolute atomic E-state index is 13.1. The Hall–Kier alpha value is -3.72. The van der Waals surface area contributed by atoms with Crippen LogP contribution in [0.3, 0.4) is 0 Å². The van der Waals surface area contributed by atoms with E-state index < -0.39 is 11.7 Å². The maximum Gasteiger partial charge on any atom is 0.416 e. The van der Waals surface area contributed by atoms with Crippen molar-refractivity contribution in [1.82, 2.24) is 20.4 Å². The molecule has 0 bridgehead atoms. The van der Waals surface area contributed by atoms with Gasteiger partial charge >= 0.3 is 6.18 Å². The Bertz CT molecular complexity index is 1310. The minimum Gasteiger partial charge on any atom is -0.336 e. The van der Waals surface area contributed by atoms with Gasteiger partial charge in [-0.3, -0.25) is 4.79 Å². The largest absolute Gasteiger partial charge is 0.416 e. The second kappa shape index (κ2) is 8.32. The molecule has 2 heterocycles. The number of carbonyl (C=O) groups is 1. The van der Waals surface area contributed by atoms with Gasteiger partial charge in [-0.25, -0.2) is 0 Å². The Kier molecular flexibility index (Phi) is 5.33. The van der Waals surface area contributed by atoms with Crippen LogP contribution in [-0.2, 0) is 6.18 Å². The highest BCUT2D eigenvalue weighted by Crippen LogP contribution is 2.33. The summed E-state index contributed by atoms with van der Waals surface area (Å²) in [5, 5.41) is 8.73. The minimum atomic E-state index is -4.41. The summed E-state index contributed by atoms with van der Waals surface area (Å²) in [4.78, 5) is 19.3. The highest BCUT2D eigenvalue weighted by atomic mass is 19.4. The van der Waals surface area contributed by atoms with Crippen molar-refractivity contribution in [3.8, 4) is 22.8 Å². The molecule has 1 amide bonds. The van der Waals surface area contributed by atoms with Crippen molar-refractivity contribution in [2.75, 3.05) is 26.2 Å². The summed E-state index contributed by atoms with van der Waals surface area (Å²) in [6.07, 6.45) is -4.41. The number of carbonyl (C=O) groups excluding carboxylic acids is 1. The van der Waals surface area contributed by atoms with E-state index in [9.17, 15) is 18.0 Å². The Morgan fingerprint density at radius 3 is 2.33 bits per heavy atom. The van der Waals surface area contributed by atoms with Crippen LogP contribution in [0.2, 0.25) is 0 Å². The topological polar surface area (TPSA) is 71.3 Å². The Balaban J connectivity index is 1.50. The summed E-state index contributed by atoms with van der Waals surface area (Å²) in [6.45, 7) is 2.82. The van der Waals surface area contributed by atoms with Crippen molar-refractivity contribution in [3.05, 3.63) is 71.8 Å². The number of aromatic nitrogens is 2. The third kappa shape index (κ3) is 4.07. The van der Waals surface area contributed by atoms with Gasteiger partial charge in [0.05, 0.1) is 5.56 Å². The Morgan fingerprint density at radius 2 is 1.64 bits per heavy atom. The average Bonchev–Trinajstić information content (AvgIpc) is 3.33. The number of piperazine rings is 1. The number of amides is 1. The first-order valence-corrected chi connectivity index (χ1v) is 10.5. The fourth-order valence-electron chi connectivity index (χ4n) is 3.97. The summed E-state index contributed by atoms with van der Waals surface area (Å²) in [7, 11) is 0. The van der Waals surface area contributed by atoms with E-state index >= 15 is 0 Å². The summed E-state index contributed by atoms with van der Waals surface area (Å²) in [5.74, 6) is 0.376. The fraction of sp³-hybridized carbons (Fsp3) is 0.208. The van der Waals surface area contributed by atoms with Gasteiger partial charge in [-0.05, 0) is 35.0 Å². The highest BCUT2D eigenvalue weighted by Gasteiger charge is 2.30. The molecule has 9 heteroatoms. The monoisotopic (exact) mass is 452 g/mol. The predicted molar refractivity (Wildman–Crippen MR) is 116 cm³/mol. The lowest BCUT2D eigenvalue weighted by Crippen LogP contribution is -2.46. The van der Waals surface area contributed by atoms with Crippen molar-refractivity contribution in [3.63, 3.8) is 0 Å². The third-order valence-corrected chi connectivity index (χ3v) is 5.69. The molecule has 3 aromatic carbocycles. The Morgan fingerprint density at radius 1 is 0.939 bits per heavy atom. The number of alkyl halides is 3. The van der Waals surface area contributed by atoms with Gasteiger partial charge in [-0.15, -0.1) is 0 Å². The van der Waals surface area contributed by atoms with Gasteiger partial charge in [0.2, 0.25) is 5.82 Å². The molecule has 0 atom stereocenters. The van der Waals surface area contributed by atoms with E-state index in [1.165, 1.54) is 12.1 Å². The molecular weight excluding hydrogens is 433 g/mol. The molecule has 1 saturated heterocycles. The average molecular weight is 452 g/mol. The van der Waals surface area contributed by atoms with E-state index in [0.717, 1.165) is 36.0 Å². The number of fused-ring (bicyclic) bond motifs is 1. The molecular formula is C24H19F3N4O2. The second-order valence-corrected chi connectivity index (χ2v) is 7.75. The molecule has 1 N–H and O–H groups in total. The van der Waals surface area contributed by atoms with Crippen molar-refractivity contribution in [2.45, 2.75) is 6.18 Å². The summed E-state index contributed by atoms with van der Waals surface area (Å²) in [6, 6.07) is 15.6. The molecule has 1 aliphatic rings. The molecule has 0 aliphatic carbocycles. The smallest absolute Gasteiger partial charge is 0.336 e. The first-order chi connectivity index (χ1) is 15.9. The Labute approximate surface area is 187 Å². The van der Waals surface area contributed by atoms with Gasteiger partial charge < -0.3 is 14.7 Å². The van der Waals surface area contributed by atoms with E-state index in [1.807, 2.05) is 29.2 Å². The van der Waals surface area contributed by atoms with Crippen LogP contribution in [0.1, 0.15) is 15.9 Å². The lowest BCUT2D eigenvalue weighted by molar-refractivity contribution is -0.137. The van der Waals surface area contributed by atoms with E-state index in [-0.39, 0.29) is 17.6 Å². The molecule has 1 aliphatic heterocycles. The number of hydrogen-bond acceptors (Lipinski definition) is 5. The summed E-state index contributed by atoms with van der Waals surface area (Å²) >= 11 is 0. The van der Waals surface area contributed by atoms with Crippen molar-refractivity contribution in [1.29, 1.82) is 0 Å². The molecule has 33 heavy (non-hydrogen) atoms. The van der Waals surface area contributed by atoms with Gasteiger partial charge in [0, 0.05) is 42.9 Å². The van der Waals surface area contributed by atoms with E-state index in [4.69, 9.17) is 4.52 Å². The zero-order valence-electron chi connectivity index (χ0n) is 17.4. The maximum atomic E-state index is 13.1.